The molecule has 1 aromatic heterocycles. The minimum Gasteiger partial charge on any atom is -0.378 e. The zero-order valence-corrected chi connectivity index (χ0v) is 16.4. The van der Waals surface area contributed by atoms with Crippen LogP contribution in [0.3, 0.4) is 0 Å². The molecule has 2 aromatic carbocycles. The van der Waals surface area contributed by atoms with Gasteiger partial charge in [0, 0.05) is 37.0 Å². The second-order valence-corrected chi connectivity index (χ2v) is 8.77. The Bertz CT molecular complexity index is 1100. The van der Waals surface area contributed by atoms with Gasteiger partial charge in [0.2, 0.25) is 0 Å². The topological polar surface area (TPSA) is 84.4 Å². The number of anilines is 2. The second kappa shape index (κ2) is 7.73. The van der Waals surface area contributed by atoms with Crippen molar-refractivity contribution in [2.45, 2.75) is 11.4 Å². The Hall–Kier alpha value is -2.71. The van der Waals surface area contributed by atoms with Gasteiger partial charge in [0.05, 0.1) is 23.6 Å². The van der Waals surface area contributed by atoms with Gasteiger partial charge in [-0.25, -0.2) is 18.4 Å². The van der Waals surface area contributed by atoms with Crippen molar-refractivity contribution in [2.75, 3.05) is 42.8 Å². The lowest BCUT2D eigenvalue weighted by atomic mass is 10.1. The fraction of sp³-hybridized carbons (Fsp3) is 0.300. The first-order valence-electron chi connectivity index (χ1n) is 9.12. The van der Waals surface area contributed by atoms with Gasteiger partial charge in [-0.2, -0.15) is 0 Å². The highest BCUT2D eigenvalue weighted by molar-refractivity contribution is 7.90. The van der Waals surface area contributed by atoms with Gasteiger partial charge in [-0.15, -0.1) is 0 Å². The van der Waals surface area contributed by atoms with E-state index in [2.05, 4.69) is 32.3 Å². The highest BCUT2D eigenvalue weighted by atomic mass is 32.2. The van der Waals surface area contributed by atoms with E-state index >= 15 is 0 Å². The molecule has 3 aromatic rings. The lowest BCUT2D eigenvalue weighted by Crippen LogP contribution is -2.36. The average molecular weight is 398 g/mol. The molecule has 0 amide bonds. The molecular weight excluding hydrogens is 376 g/mol. The molecule has 2 heterocycles. The molecule has 0 unspecified atom stereocenters. The standard InChI is InChI=1S/C20H22N4O3S/c1-28(25,26)16-6-7-18-17(12-16)20(23-14-22-18)21-13-15-4-2-3-5-19(15)24-8-10-27-11-9-24/h2-7,12,14H,8-11,13H2,1H3,(H,21,22,23). The van der Waals surface area contributed by atoms with Crippen molar-refractivity contribution < 1.29 is 13.2 Å². The molecule has 1 aliphatic rings. The summed E-state index contributed by atoms with van der Waals surface area (Å²) in [6.45, 7) is 3.76. The molecule has 146 valence electrons. The third-order valence-electron chi connectivity index (χ3n) is 4.82. The molecule has 1 fully saturated rings. The number of nitrogens with zero attached hydrogens (tertiary/aromatic N) is 3. The van der Waals surface area contributed by atoms with Gasteiger partial charge >= 0.3 is 0 Å². The number of fused-ring (bicyclic) bond motifs is 1. The van der Waals surface area contributed by atoms with Gasteiger partial charge in [-0.05, 0) is 29.8 Å². The minimum atomic E-state index is -3.30. The average Bonchev–Trinajstić information content (AvgIpc) is 2.72. The largest absolute Gasteiger partial charge is 0.378 e. The Labute approximate surface area is 164 Å². The zero-order valence-electron chi connectivity index (χ0n) is 15.6. The number of sulfone groups is 1. The molecule has 0 saturated carbocycles. The molecule has 0 aliphatic carbocycles. The van der Waals surface area contributed by atoms with Crippen molar-refractivity contribution in [3.8, 4) is 0 Å². The number of benzene rings is 2. The molecule has 7 nitrogen and oxygen atoms in total. The maximum absolute atomic E-state index is 11.9. The van der Waals surface area contributed by atoms with E-state index in [0.717, 1.165) is 31.9 Å². The summed E-state index contributed by atoms with van der Waals surface area (Å²) in [5.74, 6) is 0.618. The maximum Gasteiger partial charge on any atom is 0.175 e. The van der Waals surface area contributed by atoms with Crippen LogP contribution in [0.15, 0.2) is 53.7 Å². The van der Waals surface area contributed by atoms with Crippen LogP contribution in [0.25, 0.3) is 10.9 Å². The first-order valence-corrected chi connectivity index (χ1v) is 11.0. The fourth-order valence-electron chi connectivity index (χ4n) is 3.36. The van der Waals surface area contributed by atoms with E-state index in [1.807, 2.05) is 12.1 Å². The lowest BCUT2D eigenvalue weighted by molar-refractivity contribution is 0.122. The van der Waals surface area contributed by atoms with Crippen molar-refractivity contribution in [3.63, 3.8) is 0 Å². The number of ether oxygens (including phenoxy) is 1. The van der Waals surface area contributed by atoms with Crippen molar-refractivity contribution in [1.29, 1.82) is 0 Å². The molecule has 0 spiro atoms. The summed E-state index contributed by atoms with van der Waals surface area (Å²) in [7, 11) is -3.30. The number of morpholine rings is 1. The summed E-state index contributed by atoms with van der Waals surface area (Å²) in [5, 5.41) is 4.05. The molecule has 0 atom stereocenters. The summed E-state index contributed by atoms with van der Waals surface area (Å²) in [6, 6.07) is 13.2. The van der Waals surface area contributed by atoms with E-state index in [1.54, 1.807) is 18.2 Å². The number of aromatic nitrogens is 2. The molecule has 0 radical (unpaired) electrons. The van der Waals surface area contributed by atoms with E-state index < -0.39 is 9.84 Å². The summed E-state index contributed by atoms with van der Waals surface area (Å²) in [5.41, 5.74) is 3.02. The highest BCUT2D eigenvalue weighted by Gasteiger charge is 2.15. The molecule has 1 aliphatic heterocycles. The van der Waals surface area contributed by atoms with Gasteiger partial charge < -0.3 is 15.0 Å². The SMILES string of the molecule is CS(=O)(=O)c1ccc2ncnc(NCc3ccccc3N3CCOCC3)c2c1. The predicted molar refractivity (Wildman–Crippen MR) is 109 cm³/mol. The monoisotopic (exact) mass is 398 g/mol. The van der Waals surface area contributed by atoms with Crippen LogP contribution in [0.4, 0.5) is 11.5 Å². The smallest absolute Gasteiger partial charge is 0.175 e. The van der Waals surface area contributed by atoms with Crippen molar-refractivity contribution in [1.82, 2.24) is 9.97 Å². The fourth-order valence-corrected chi connectivity index (χ4v) is 4.01. The number of nitrogens with one attached hydrogen (secondary N) is 1. The summed E-state index contributed by atoms with van der Waals surface area (Å²) in [4.78, 5) is 11.2. The third-order valence-corrected chi connectivity index (χ3v) is 5.93. The van der Waals surface area contributed by atoms with Gasteiger partial charge in [0.25, 0.3) is 0 Å². The zero-order chi connectivity index (χ0) is 19.6. The van der Waals surface area contributed by atoms with Crippen LogP contribution >= 0.6 is 0 Å². The summed E-state index contributed by atoms with van der Waals surface area (Å²) >= 11 is 0. The number of para-hydroxylation sites is 1. The first kappa shape index (κ1) is 18.6. The highest BCUT2D eigenvalue weighted by Crippen LogP contribution is 2.26. The van der Waals surface area contributed by atoms with Crippen LogP contribution in [0, 0.1) is 0 Å². The van der Waals surface area contributed by atoms with E-state index in [-0.39, 0.29) is 4.90 Å². The molecule has 8 heteroatoms. The first-order chi connectivity index (χ1) is 13.5. The van der Waals surface area contributed by atoms with Crippen LogP contribution in [-0.2, 0) is 21.1 Å². The number of hydrogen-bond donors (Lipinski definition) is 1. The number of hydrogen-bond acceptors (Lipinski definition) is 7. The van der Waals surface area contributed by atoms with E-state index in [9.17, 15) is 8.42 Å². The van der Waals surface area contributed by atoms with Gasteiger partial charge in [0.1, 0.15) is 12.1 Å². The van der Waals surface area contributed by atoms with Crippen molar-refractivity contribution in [3.05, 3.63) is 54.4 Å². The Morgan fingerprint density at radius 3 is 2.68 bits per heavy atom. The van der Waals surface area contributed by atoms with Gasteiger partial charge in [0.15, 0.2) is 9.84 Å². The van der Waals surface area contributed by atoms with Crippen LogP contribution in [0.1, 0.15) is 5.56 Å². The van der Waals surface area contributed by atoms with E-state index in [4.69, 9.17) is 4.74 Å². The maximum atomic E-state index is 11.9. The summed E-state index contributed by atoms with van der Waals surface area (Å²) in [6.07, 6.45) is 2.68. The van der Waals surface area contributed by atoms with Crippen LogP contribution in [-0.4, -0.2) is 50.9 Å². The molecule has 28 heavy (non-hydrogen) atoms. The molecule has 1 saturated heterocycles. The molecular formula is C20H22N4O3S. The summed E-state index contributed by atoms with van der Waals surface area (Å²) < 4.78 is 29.3. The second-order valence-electron chi connectivity index (χ2n) is 6.76. The Balaban J connectivity index is 1.63. The van der Waals surface area contributed by atoms with Gasteiger partial charge in [-0.3, -0.25) is 0 Å². The predicted octanol–water partition coefficient (Wildman–Crippen LogP) is 2.48. The van der Waals surface area contributed by atoms with Crippen LogP contribution in [0.2, 0.25) is 0 Å². The van der Waals surface area contributed by atoms with Crippen molar-refractivity contribution >= 4 is 32.2 Å². The molecule has 4 rings (SSSR count). The normalized spacial score (nSPS) is 15.0. The Morgan fingerprint density at radius 2 is 1.89 bits per heavy atom. The van der Waals surface area contributed by atoms with Crippen molar-refractivity contribution in [2.24, 2.45) is 0 Å². The lowest BCUT2D eigenvalue weighted by Gasteiger charge is -2.30. The Kier molecular flexibility index (Phi) is 5.15. The minimum absolute atomic E-state index is 0.256. The van der Waals surface area contributed by atoms with Crippen LogP contribution < -0.4 is 10.2 Å². The quantitative estimate of drug-likeness (QED) is 0.707. The van der Waals surface area contributed by atoms with E-state index in [1.165, 1.54) is 18.3 Å². The van der Waals surface area contributed by atoms with Crippen LogP contribution in [0.5, 0.6) is 0 Å². The third kappa shape index (κ3) is 3.93. The van der Waals surface area contributed by atoms with Gasteiger partial charge in [-0.1, -0.05) is 18.2 Å². The molecule has 0 bridgehead atoms. The number of rotatable bonds is 5. The van der Waals surface area contributed by atoms with E-state index in [0.29, 0.717) is 23.3 Å². The Morgan fingerprint density at radius 1 is 1.11 bits per heavy atom. The molecule has 1 N–H and O–H groups in total.